The number of amides is 2. The number of hydrogen-bond donors (Lipinski definition) is 1. The number of aromatic nitrogens is 2. The third kappa shape index (κ3) is 5.08. The first kappa shape index (κ1) is 23.0. The first-order valence-corrected chi connectivity index (χ1v) is 10.2. The number of carbonyl (C=O) groups excluding carboxylic acids is 2. The van der Waals surface area contributed by atoms with Crippen molar-refractivity contribution in [1.82, 2.24) is 20.2 Å². The van der Waals surface area contributed by atoms with Crippen molar-refractivity contribution in [3.05, 3.63) is 71.8 Å². The molecule has 34 heavy (non-hydrogen) atoms. The highest BCUT2D eigenvalue weighted by Crippen LogP contribution is 2.34. The summed E-state index contributed by atoms with van der Waals surface area (Å²) in [5, 5.41) is 2.41. The van der Waals surface area contributed by atoms with E-state index in [4.69, 9.17) is 4.74 Å². The van der Waals surface area contributed by atoms with E-state index in [1.54, 1.807) is 41.6 Å². The Morgan fingerprint density at radius 2 is 1.91 bits per heavy atom. The van der Waals surface area contributed by atoms with E-state index in [9.17, 15) is 22.8 Å². The van der Waals surface area contributed by atoms with Crippen LogP contribution < -0.4 is 14.8 Å². The molecule has 0 fully saturated rings. The van der Waals surface area contributed by atoms with Crippen molar-refractivity contribution in [2.75, 3.05) is 20.2 Å². The normalized spacial score (nSPS) is 13.5. The maximum atomic E-state index is 13.3. The van der Waals surface area contributed by atoms with E-state index in [-0.39, 0.29) is 30.2 Å². The van der Waals surface area contributed by atoms with Gasteiger partial charge in [0.2, 0.25) is 0 Å². The van der Waals surface area contributed by atoms with Gasteiger partial charge >= 0.3 is 6.36 Å². The van der Waals surface area contributed by atoms with Gasteiger partial charge in [0.05, 0.1) is 24.2 Å². The van der Waals surface area contributed by atoms with Gasteiger partial charge in [-0.3, -0.25) is 9.59 Å². The zero-order valence-corrected chi connectivity index (χ0v) is 17.9. The fourth-order valence-electron chi connectivity index (χ4n) is 3.56. The fourth-order valence-corrected chi connectivity index (χ4v) is 3.56. The Morgan fingerprint density at radius 3 is 2.62 bits per heavy atom. The van der Waals surface area contributed by atoms with Crippen LogP contribution in [0.25, 0.3) is 11.1 Å². The second kappa shape index (κ2) is 9.38. The second-order valence-corrected chi connectivity index (χ2v) is 7.29. The zero-order chi connectivity index (χ0) is 24.3. The minimum Gasteiger partial charge on any atom is -0.491 e. The summed E-state index contributed by atoms with van der Waals surface area (Å²) in [4.78, 5) is 35.6. The van der Waals surface area contributed by atoms with Crippen molar-refractivity contribution >= 4 is 11.8 Å². The Balaban J connectivity index is 1.71. The lowest BCUT2D eigenvalue weighted by molar-refractivity contribution is -0.274. The number of carbonyl (C=O) groups is 2. The Morgan fingerprint density at radius 1 is 1.15 bits per heavy atom. The molecule has 0 aliphatic carbocycles. The third-order valence-electron chi connectivity index (χ3n) is 5.07. The molecule has 1 N–H and O–H groups in total. The van der Waals surface area contributed by atoms with E-state index in [0.717, 1.165) is 12.1 Å². The van der Waals surface area contributed by atoms with Gasteiger partial charge in [-0.05, 0) is 47.5 Å². The quantitative estimate of drug-likeness (QED) is 0.612. The predicted molar refractivity (Wildman–Crippen MR) is 114 cm³/mol. The van der Waals surface area contributed by atoms with Gasteiger partial charge in [0.25, 0.3) is 11.8 Å². The zero-order valence-electron chi connectivity index (χ0n) is 17.9. The van der Waals surface area contributed by atoms with Gasteiger partial charge in [-0.15, -0.1) is 13.2 Å². The average molecular weight is 472 g/mol. The lowest BCUT2D eigenvalue weighted by Gasteiger charge is -2.19. The van der Waals surface area contributed by atoms with Crippen LogP contribution in [-0.2, 0) is 6.54 Å². The summed E-state index contributed by atoms with van der Waals surface area (Å²) in [6.45, 7) is 0.756. The van der Waals surface area contributed by atoms with Gasteiger partial charge in [-0.2, -0.15) is 0 Å². The van der Waals surface area contributed by atoms with Gasteiger partial charge < -0.3 is 19.7 Å². The lowest BCUT2D eigenvalue weighted by atomic mass is 9.96. The van der Waals surface area contributed by atoms with Crippen LogP contribution in [0, 0.1) is 0 Å². The number of ether oxygens (including phenoxy) is 2. The van der Waals surface area contributed by atoms with E-state index < -0.39 is 18.0 Å². The van der Waals surface area contributed by atoms with Crippen molar-refractivity contribution in [3.63, 3.8) is 0 Å². The van der Waals surface area contributed by atoms with E-state index >= 15 is 0 Å². The van der Waals surface area contributed by atoms with Crippen molar-refractivity contribution in [3.8, 4) is 22.6 Å². The minimum atomic E-state index is -4.90. The van der Waals surface area contributed by atoms with Gasteiger partial charge in [0.15, 0.2) is 0 Å². The molecule has 0 saturated heterocycles. The van der Waals surface area contributed by atoms with E-state index in [1.807, 2.05) is 0 Å². The molecular formula is C23H19F3N4O4. The van der Waals surface area contributed by atoms with Crippen molar-refractivity contribution in [2.45, 2.75) is 12.9 Å². The number of hydrogen-bond acceptors (Lipinski definition) is 6. The summed E-state index contributed by atoms with van der Waals surface area (Å²) >= 11 is 0. The lowest BCUT2D eigenvalue weighted by Crippen LogP contribution is -2.32. The Labute approximate surface area is 192 Å². The summed E-state index contributed by atoms with van der Waals surface area (Å²) in [5.41, 5.74) is 0.988. The number of benzene rings is 2. The third-order valence-corrected chi connectivity index (χ3v) is 5.07. The van der Waals surface area contributed by atoms with Gasteiger partial charge in [0.1, 0.15) is 23.9 Å². The molecule has 4 rings (SSSR count). The highest BCUT2D eigenvalue weighted by molar-refractivity contribution is 6.03. The minimum absolute atomic E-state index is 0.0410. The van der Waals surface area contributed by atoms with Crippen LogP contribution in [0.4, 0.5) is 13.2 Å². The summed E-state index contributed by atoms with van der Waals surface area (Å²) in [7, 11) is 1.36. The SMILES string of the molecule is CNC(=O)c1cc(OC(F)(F)F)ccc1-c1ccc2c(c1)C(=O)N(Cc1ncccn1)CCO2. The molecule has 176 valence electrons. The van der Waals surface area contributed by atoms with Gasteiger partial charge in [0, 0.05) is 19.4 Å². The smallest absolute Gasteiger partial charge is 0.491 e. The number of alkyl halides is 3. The number of nitrogens with zero attached hydrogens (tertiary/aromatic N) is 3. The molecule has 2 amide bonds. The Kier molecular flexibility index (Phi) is 6.35. The summed E-state index contributed by atoms with van der Waals surface area (Å²) in [5.74, 6) is -0.622. The summed E-state index contributed by atoms with van der Waals surface area (Å²) in [6, 6.07) is 9.91. The number of rotatable bonds is 5. The highest BCUT2D eigenvalue weighted by atomic mass is 19.4. The van der Waals surface area contributed by atoms with E-state index in [1.165, 1.54) is 13.1 Å². The maximum absolute atomic E-state index is 13.3. The molecule has 0 atom stereocenters. The van der Waals surface area contributed by atoms with Crippen LogP contribution in [0.1, 0.15) is 26.5 Å². The summed E-state index contributed by atoms with van der Waals surface area (Å²) < 4.78 is 47.6. The molecule has 1 aliphatic rings. The molecule has 11 heteroatoms. The molecule has 2 aromatic carbocycles. The molecule has 1 aromatic heterocycles. The number of halogens is 3. The van der Waals surface area contributed by atoms with Crippen LogP contribution >= 0.6 is 0 Å². The largest absolute Gasteiger partial charge is 0.573 e. The predicted octanol–water partition coefficient (Wildman–Crippen LogP) is 3.44. The molecule has 0 unspecified atom stereocenters. The molecule has 2 heterocycles. The topological polar surface area (TPSA) is 93.7 Å². The van der Waals surface area contributed by atoms with Crippen molar-refractivity contribution in [2.24, 2.45) is 0 Å². The number of nitrogens with one attached hydrogen (secondary N) is 1. The Bertz CT molecular complexity index is 1220. The van der Waals surface area contributed by atoms with Crippen LogP contribution in [0.2, 0.25) is 0 Å². The molecule has 0 saturated carbocycles. The van der Waals surface area contributed by atoms with Gasteiger partial charge in [-0.1, -0.05) is 6.07 Å². The molecular weight excluding hydrogens is 453 g/mol. The molecule has 0 radical (unpaired) electrons. The molecule has 0 bridgehead atoms. The molecule has 0 spiro atoms. The Hall–Kier alpha value is -4.15. The van der Waals surface area contributed by atoms with Crippen LogP contribution in [0.3, 0.4) is 0 Å². The van der Waals surface area contributed by atoms with Crippen LogP contribution in [0.15, 0.2) is 54.9 Å². The molecule has 3 aromatic rings. The van der Waals surface area contributed by atoms with Crippen LogP contribution in [-0.4, -0.2) is 53.2 Å². The maximum Gasteiger partial charge on any atom is 0.573 e. The van der Waals surface area contributed by atoms with Crippen molar-refractivity contribution in [1.29, 1.82) is 0 Å². The van der Waals surface area contributed by atoms with E-state index in [0.29, 0.717) is 29.2 Å². The second-order valence-electron chi connectivity index (χ2n) is 7.29. The molecule has 1 aliphatic heterocycles. The number of fused-ring (bicyclic) bond motifs is 1. The monoisotopic (exact) mass is 472 g/mol. The van der Waals surface area contributed by atoms with Crippen molar-refractivity contribution < 1.29 is 32.2 Å². The van der Waals surface area contributed by atoms with E-state index in [2.05, 4.69) is 20.0 Å². The van der Waals surface area contributed by atoms with Gasteiger partial charge in [-0.25, -0.2) is 9.97 Å². The fraction of sp³-hybridized carbons (Fsp3) is 0.217. The summed E-state index contributed by atoms with van der Waals surface area (Å²) in [6.07, 6.45) is -1.74. The highest BCUT2D eigenvalue weighted by Gasteiger charge is 2.32. The van der Waals surface area contributed by atoms with Crippen LogP contribution in [0.5, 0.6) is 11.5 Å². The standard InChI is InChI=1S/C23H19F3N4O4/c1-27-21(31)17-12-15(34-23(24,25)26)4-5-16(17)14-3-6-19-18(11-14)22(32)30(9-10-33-19)13-20-28-7-2-8-29-20/h2-8,11-12H,9-10,13H2,1H3,(H,27,31). The first-order valence-electron chi connectivity index (χ1n) is 10.2. The first-order chi connectivity index (χ1) is 16.2. The molecule has 8 nitrogen and oxygen atoms in total. The average Bonchev–Trinajstić information content (AvgIpc) is 2.96.